The molecule has 1 atom stereocenters. The van der Waals surface area contributed by atoms with E-state index in [1.807, 2.05) is 0 Å². The van der Waals surface area contributed by atoms with Crippen molar-refractivity contribution < 1.29 is 26.4 Å². The molecule has 2 N–H and O–H groups in total. The molecule has 1 aromatic heterocycles. The van der Waals surface area contributed by atoms with Crippen LogP contribution in [0.15, 0.2) is 33.5 Å². The van der Waals surface area contributed by atoms with Crippen LogP contribution in [0.1, 0.15) is 6.92 Å². The molecule has 29 heavy (non-hydrogen) atoms. The lowest BCUT2D eigenvalue weighted by atomic mass is 10.3. The summed E-state index contributed by atoms with van der Waals surface area (Å²) in [7, 11) is -0.840. The normalized spacial score (nSPS) is 13.3. The fourth-order valence-corrected chi connectivity index (χ4v) is 4.74. The molecule has 0 saturated heterocycles. The Morgan fingerprint density at radius 3 is 2.62 bits per heavy atom. The Labute approximate surface area is 173 Å². The first-order valence-electron chi connectivity index (χ1n) is 8.03. The van der Waals surface area contributed by atoms with E-state index in [2.05, 4.69) is 20.8 Å². The van der Waals surface area contributed by atoms with Crippen LogP contribution >= 0.6 is 23.1 Å². The summed E-state index contributed by atoms with van der Waals surface area (Å²) in [4.78, 5) is 12.4. The summed E-state index contributed by atoms with van der Waals surface area (Å²) in [5.41, 5.74) is 0.301. The van der Waals surface area contributed by atoms with Crippen molar-refractivity contribution in [2.45, 2.75) is 27.6 Å². The van der Waals surface area contributed by atoms with Crippen LogP contribution in [0.3, 0.4) is 0 Å². The molecule has 2 aromatic rings. The van der Waals surface area contributed by atoms with Crippen molar-refractivity contribution >= 4 is 49.8 Å². The third kappa shape index (κ3) is 6.83. The van der Waals surface area contributed by atoms with Gasteiger partial charge in [0.25, 0.3) is 0 Å². The second kappa shape index (κ2) is 9.28. The van der Waals surface area contributed by atoms with Gasteiger partial charge < -0.3 is 10.6 Å². The molecule has 0 saturated carbocycles. The van der Waals surface area contributed by atoms with Crippen LogP contribution in [0.25, 0.3) is 0 Å². The highest BCUT2D eigenvalue weighted by atomic mass is 32.2. The average Bonchev–Trinajstić information content (AvgIpc) is 3.07. The molecule has 160 valence electrons. The summed E-state index contributed by atoms with van der Waals surface area (Å²) >= 11 is 1.92. The van der Waals surface area contributed by atoms with Gasteiger partial charge in [0.15, 0.2) is 4.34 Å². The highest BCUT2D eigenvalue weighted by Crippen LogP contribution is 2.30. The van der Waals surface area contributed by atoms with Gasteiger partial charge in [-0.05, 0) is 25.1 Å². The highest BCUT2D eigenvalue weighted by molar-refractivity contribution is 8.02. The van der Waals surface area contributed by atoms with Gasteiger partial charge in [0, 0.05) is 19.8 Å². The summed E-state index contributed by atoms with van der Waals surface area (Å²) < 4.78 is 62.4. The summed E-state index contributed by atoms with van der Waals surface area (Å²) in [6.45, 7) is 0.360. The Kier molecular flexibility index (Phi) is 7.48. The van der Waals surface area contributed by atoms with E-state index >= 15 is 0 Å². The number of amides is 1. The molecule has 1 aromatic carbocycles. The lowest BCUT2D eigenvalue weighted by Crippen LogP contribution is -2.24. The third-order valence-corrected chi connectivity index (χ3v) is 7.25. The predicted molar refractivity (Wildman–Crippen MR) is 106 cm³/mol. The quantitative estimate of drug-likeness (QED) is 0.573. The van der Waals surface area contributed by atoms with E-state index in [9.17, 15) is 26.4 Å². The van der Waals surface area contributed by atoms with E-state index in [1.54, 1.807) is 13.0 Å². The first-order valence-corrected chi connectivity index (χ1v) is 11.2. The van der Waals surface area contributed by atoms with Gasteiger partial charge in [-0.3, -0.25) is 4.79 Å². The van der Waals surface area contributed by atoms with E-state index < -0.39 is 33.9 Å². The lowest BCUT2D eigenvalue weighted by Gasteiger charge is -2.14. The summed E-state index contributed by atoms with van der Waals surface area (Å²) in [5.74, 6) is -0.422. The van der Waals surface area contributed by atoms with Gasteiger partial charge in [-0.25, -0.2) is 12.7 Å². The number of rotatable bonds is 8. The van der Waals surface area contributed by atoms with E-state index in [4.69, 9.17) is 0 Å². The van der Waals surface area contributed by atoms with Crippen LogP contribution in [0.5, 0.6) is 0 Å². The van der Waals surface area contributed by atoms with Crippen molar-refractivity contribution in [3.05, 3.63) is 24.3 Å². The van der Waals surface area contributed by atoms with E-state index in [0.717, 1.165) is 27.4 Å². The Morgan fingerprint density at radius 2 is 2.00 bits per heavy atom. The van der Waals surface area contributed by atoms with Crippen molar-refractivity contribution in [1.29, 1.82) is 0 Å². The van der Waals surface area contributed by atoms with E-state index in [0.29, 0.717) is 10.0 Å². The number of nitrogens with one attached hydrogen (secondary N) is 2. The fraction of sp³-hybridized carbons (Fsp3) is 0.400. The van der Waals surface area contributed by atoms with Gasteiger partial charge in [-0.1, -0.05) is 29.2 Å². The smallest absolute Gasteiger partial charge is 0.351 e. The maximum Gasteiger partial charge on any atom is 0.405 e. The van der Waals surface area contributed by atoms with Crippen LogP contribution in [-0.4, -0.2) is 60.9 Å². The van der Waals surface area contributed by atoms with Crippen molar-refractivity contribution in [1.82, 2.24) is 14.5 Å². The summed E-state index contributed by atoms with van der Waals surface area (Å²) in [5, 5.41) is 11.4. The number of carbonyl (C=O) groups excluding carboxylic acids is 1. The number of anilines is 2. The van der Waals surface area contributed by atoms with Crippen LogP contribution < -0.4 is 10.6 Å². The third-order valence-electron chi connectivity index (χ3n) is 3.37. The molecule has 0 spiro atoms. The largest absolute Gasteiger partial charge is 0.405 e. The molecule has 8 nitrogen and oxygen atoms in total. The molecular weight excluding hydrogens is 451 g/mol. The predicted octanol–water partition coefficient (Wildman–Crippen LogP) is 2.88. The molecule has 0 fully saturated rings. The molecule has 1 heterocycles. The van der Waals surface area contributed by atoms with Crippen LogP contribution in [-0.2, 0) is 14.8 Å². The Bertz CT molecular complexity index is 963. The number of aromatic nitrogens is 2. The van der Waals surface area contributed by atoms with Crippen molar-refractivity contribution in [3.63, 3.8) is 0 Å². The number of hydrogen-bond acceptors (Lipinski definition) is 8. The molecule has 14 heteroatoms. The average molecular weight is 470 g/mol. The molecular formula is C15H18F3N5O3S3. The molecule has 0 radical (unpaired) electrons. The SMILES string of the molecule is CC(Sc1nnc(NCC(F)(F)F)s1)C(=O)Nc1cccc(S(=O)(=O)N(C)C)c1. The van der Waals surface area contributed by atoms with Gasteiger partial charge in [0.05, 0.1) is 10.1 Å². The standard InChI is InChI=1S/C15H18F3N5O3S3/c1-9(27-14-22-21-13(28-14)19-8-15(16,17)18)12(24)20-10-5-4-6-11(7-10)29(25,26)23(2)3/h4-7,9H,8H2,1-3H3,(H,19,21)(H,20,24). The van der Waals surface area contributed by atoms with Gasteiger partial charge in [0.2, 0.25) is 21.1 Å². The highest BCUT2D eigenvalue weighted by Gasteiger charge is 2.27. The summed E-state index contributed by atoms with van der Waals surface area (Å²) in [6, 6.07) is 5.82. The van der Waals surface area contributed by atoms with E-state index in [1.165, 1.54) is 32.3 Å². The zero-order valence-electron chi connectivity index (χ0n) is 15.5. The van der Waals surface area contributed by atoms with Gasteiger partial charge in [0.1, 0.15) is 6.54 Å². The topological polar surface area (TPSA) is 104 Å². The minimum atomic E-state index is -4.37. The zero-order valence-corrected chi connectivity index (χ0v) is 18.0. The van der Waals surface area contributed by atoms with Crippen LogP contribution in [0.4, 0.5) is 24.0 Å². The second-order valence-corrected chi connectivity index (χ2v) is 10.6. The minimum Gasteiger partial charge on any atom is -0.351 e. The maximum atomic E-state index is 12.4. The number of hydrogen-bond donors (Lipinski definition) is 2. The molecule has 1 unspecified atom stereocenters. The van der Waals surface area contributed by atoms with Crippen LogP contribution in [0, 0.1) is 0 Å². The number of carbonyl (C=O) groups is 1. The van der Waals surface area contributed by atoms with Crippen molar-refractivity contribution in [2.24, 2.45) is 0 Å². The first kappa shape index (κ1) is 23.4. The van der Waals surface area contributed by atoms with E-state index in [-0.39, 0.29) is 10.0 Å². The lowest BCUT2D eigenvalue weighted by molar-refractivity contribution is -0.116. The maximum absolute atomic E-state index is 12.4. The summed E-state index contributed by atoms with van der Waals surface area (Å²) in [6.07, 6.45) is -4.37. The van der Waals surface area contributed by atoms with Gasteiger partial charge >= 0.3 is 6.18 Å². The molecule has 2 rings (SSSR count). The zero-order chi connectivity index (χ0) is 21.8. The van der Waals surface area contributed by atoms with Crippen molar-refractivity contribution in [2.75, 3.05) is 31.3 Å². The molecule has 0 aliphatic heterocycles. The Balaban J connectivity index is 1.99. The Hall–Kier alpha value is -1.90. The van der Waals surface area contributed by atoms with Crippen LogP contribution in [0.2, 0.25) is 0 Å². The van der Waals surface area contributed by atoms with Gasteiger partial charge in [-0.2, -0.15) is 13.2 Å². The fourth-order valence-electron chi connectivity index (χ4n) is 1.90. The number of alkyl halides is 3. The number of halogens is 3. The van der Waals surface area contributed by atoms with Gasteiger partial charge in [-0.15, -0.1) is 10.2 Å². The number of thioether (sulfide) groups is 1. The molecule has 0 bridgehead atoms. The first-order chi connectivity index (χ1) is 13.4. The second-order valence-electron chi connectivity index (χ2n) is 5.91. The number of sulfonamides is 1. The molecule has 0 aliphatic carbocycles. The molecule has 0 aliphatic rings. The molecule has 1 amide bonds. The Morgan fingerprint density at radius 1 is 1.31 bits per heavy atom. The van der Waals surface area contributed by atoms with Crippen molar-refractivity contribution in [3.8, 4) is 0 Å². The minimum absolute atomic E-state index is 0.000901. The monoisotopic (exact) mass is 469 g/mol. The number of benzene rings is 1. The number of nitrogens with zero attached hydrogens (tertiary/aromatic N) is 3.